The van der Waals surface area contributed by atoms with E-state index in [0.717, 1.165) is 0 Å². The van der Waals surface area contributed by atoms with E-state index in [1.54, 1.807) is 24.3 Å². The molecule has 1 amide bonds. The van der Waals surface area contributed by atoms with Gasteiger partial charge >= 0.3 is 0 Å². The van der Waals surface area contributed by atoms with Crippen molar-refractivity contribution in [3.63, 3.8) is 0 Å². The second-order valence-corrected chi connectivity index (χ2v) is 4.68. The zero-order valence-corrected chi connectivity index (χ0v) is 11.7. The first-order valence-corrected chi connectivity index (χ1v) is 6.54. The first-order chi connectivity index (χ1) is 9.52. The summed E-state index contributed by atoms with van der Waals surface area (Å²) in [5.41, 5.74) is 6.17. The van der Waals surface area contributed by atoms with E-state index < -0.39 is 5.91 Å². The maximum absolute atomic E-state index is 12.0. The normalized spacial score (nSPS) is 10.5. The Morgan fingerprint density at radius 2 is 2.10 bits per heavy atom. The van der Waals surface area contributed by atoms with Crippen LogP contribution in [0.25, 0.3) is 0 Å². The number of benzene rings is 1. The number of amides is 1. The van der Waals surface area contributed by atoms with Crippen molar-refractivity contribution in [3.8, 4) is 0 Å². The predicted octanol–water partition coefficient (Wildman–Crippen LogP) is 1.61. The van der Waals surface area contributed by atoms with E-state index in [4.69, 9.17) is 17.3 Å². The molecule has 5 nitrogen and oxygen atoms in total. The van der Waals surface area contributed by atoms with E-state index in [1.807, 2.05) is 6.92 Å². The molecule has 1 aromatic carbocycles. The average molecular weight is 292 g/mol. The number of carbonyl (C=O) groups is 1. The smallest absolute Gasteiger partial charge is 0.255 e. The van der Waals surface area contributed by atoms with Gasteiger partial charge in [0.1, 0.15) is 11.0 Å². The third kappa shape index (κ3) is 2.88. The first-order valence-electron chi connectivity index (χ1n) is 6.17. The van der Waals surface area contributed by atoms with Crippen LogP contribution >= 0.6 is 11.6 Å². The molecule has 2 aromatic rings. The number of aryl methyl sites for hydroxylation is 1. The Morgan fingerprint density at radius 3 is 2.75 bits per heavy atom. The van der Waals surface area contributed by atoms with Crippen LogP contribution in [-0.2, 0) is 13.0 Å². The number of halogens is 1. The molecule has 1 heterocycles. The lowest BCUT2D eigenvalue weighted by molar-refractivity contribution is 0.0999. The highest BCUT2D eigenvalue weighted by molar-refractivity contribution is 6.29. The zero-order valence-electron chi connectivity index (χ0n) is 11.0. The van der Waals surface area contributed by atoms with Crippen molar-refractivity contribution in [1.82, 2.24) is 9.55 Å². The summed E-state index contributed by atoms with van der Waals surface area (Å²) in [5, 5.41) is 0.172. The summed E-state index contributed by atoms with van der Waals surface area (Å²) in [6, 6.07) is 8.18. The Morgan fingerprint density at radius 1 is 1.40 bits per heavy atom. The minimum atomic E-state index is -0.520. The predicted molar refractivity (Wildman–Crippen MR) is 76.9 cm³/mol. The number of hydrogen-bond acceptors (Lipinski definition) is 3. The lowest BCUT2D eigenvalue weighted by Crippen LogP contribution is -2.26. The Bertz CT molecular complexity index is 710. The van der Waals surface area contributed by atoms with Gasteiger partial charge in [-0.15, -0.1) is 0 Å². The lowest BCUT2D eigenvalue weighted by atomic mass is 10.1. The van der Waals surface area contributed by atoms with Gasteiger partial charge in [0.05, 0.1) is 6.54 Å². The van der Waals surface area contributed by atoms with Crippen molar-refractivity contribution < 1.29 is 4.79 Å². The maximum atomic E-state index is 12.0. The molecule has 0 aliphatic heterocycles. The van der Waals surface area contributed by atoms with Crippen LogP contribution in [0.15, 0.2) is 35.1 Å². The van der Waals surface area contributed by atoms with Crippen molar-refractivity contribution in [1.29, 1.82) is 0 Å². The van der Waals surface area contributed by atoms with E-state index in [-0.39, 0.29) is 17.3 Å². The molecule has 6 heteroatoms. The van der Waals surface area contributed by atoms with E-state index in [9.17, 15) is 9.59 Å². The number of carbonyl (C=O) groups excluding carboxylic acids is 1. The van der Waals surface area contributed by atoms with E-state index >= 15 is 0 Å². The molecule has 0 radical (unpaired) electrons. The highest BCUT2D eigenvalue weighted by Crippen LogP contribution is 2.11. The van der Waals surface area contributed by atoms with Crippen LogP contribution in [0.3, 0.4) is 0 Å². The Balaban J connectivity index is 2.51. The molecule has 104 valence electrons. The molecule has 0 aliphatic carbocycles. The van der Waals surface area contributed by atoms with Crippen LogP contribution in [0.5, 0.6) is 0 Å². The fraction of sp³-hybridized carbons (Fsp3) is 0.214. The van der Waals surface area contributed by atoms with E-state index in [0.29, 0.717) is 23.4 Å². The third-order valence-corrected chi connectivity index (χ3v) is 3.18. The largest absolute Gasteiger partial charge is 0.366 e. The van der Waals surface area contributed by atoms with Gasteiger partial charge in [0.2, 0.25) is 5.91 Å². The van der Waals surface area contributed by atoms with Gasteiger partial charge in [0, 0.05) is 18.1 Å². The van der Waals surface area contributed by atoms with Gasteiger partial charge in [-0.25, -0.2) is 4.98 Å². The molecule has 0 saturated carbocycles. The molecular weight excluding hydrogens is 278 g/mol. The van der Waals surface area contributed by atoms with Crippen LogP contribution in [0.4, 0.5) is 0 Å². The second-order valence-electron chi connectivity index (χ2n) is 4.29. The van der Waals surface area contributed by atoms with Crippen molar-refractivity contribution in [2.24, 2.45) is 5.73 Å². The van der Waals surface area contributed by atoms with Crippen LogP contribution in [0.1, 0.15) is 28.7 Å². The van der Waals surface area contributed by atoms with Crippen LogP contribution in [0, 0.1) is 0 Å². The number of rotatable bonds is 4. The first kappa shape index (κ1) is 14.3. The topological polar surface area (TPSA) is 78.0 Å². The molecule has 0 saturated heterocycles. The molecule has 0 atom stereocenters. The summed E-state index contributed by atoms with van der Waals surface area (Å²) in [6.45, 7) is 2.12. The van der Waals surface area contributed by atoms with Gasteiger partial charge in [-0.1, -0.05) is 36.7 Å². The Labute approximate surface area is 121 Å². The average Bonchev–Trinajstić information content (AvgIpc) is 2.41. The van der Waals surface area contributed by atoms with Gasteiger partial charge < -0.3 is 5.73 Å². The van der Waals surface area contributed by atoms with Gasteiger partial charge in [-0.2, -0.15) is 0 Å². The molecule has 1 aromatic heterocycles. The summed E-state index contributed by atoms with van der Waals surface area (Å²) in [4.78, 5) is 27.6. The molecule has 2 N–H and O–H groups in total. The van der Waals surface area contributed by atoms with Crippen molar-refractivity contribution in [2.45, 2.75) is 19.9 Å². The summed E-state index contributed by atoms with van der Waals surface area (Å²) in [6.07, 6.45) is 0.564. The second kappa shape index (κ2) is 5.88. The summed E-state index contributed by atoms with van der Waals surface area (Å²) < 4.78 is 1.49. The molecular formula is C14H14ClN3O2. The number of nitrogens with zero attached hydrogens (tertiary/aromatic N) is 2. The molecule has 0 fully saturated rings. The zero-order chi connectivity index (χ0) is 14.7. The quantitative estimate of drug-likeness (QED) is 0.869. The van der Waals surface area contributed by atoms with E-state index in [2.05, 4.69) is 4.98 Å². The van der Waals surface area contributed by atoms with Crippen molar-refractivity contribution in [3.05, 3.63) is 62.8 Å². The van der Waals surface area contributed by atoms with Crippen LogP contribution in [0.2, 0.25) is 5.15 Å². The lowest BCUT2D eigenvalue weighted by Gasteiger charge is -2.12. The number of aromatic nitrogens is 2. The number of hydrogen-bond donors (Lipinski definition) is 1. The van der Waals surface area contributed by atoms with E-state index in [1.165, 1.54) is 10.6 Å². The van der Waals surface area contributed by atoms with Gasteiger partial charge in [0.15, 0.2) is 0 Å². The van der Waals surface area contributed by atoms with Gasteiger partial charge in [-0.3, -0.25) is 14.2 Å². The number of primary amides is 1. The molecule has 0 aliphatic rings. The molecule has 0 spiro atoms. The Hall–Kier alpha value is -2.14. The van der Waals surface area contributed by atoms with Crippen LogP contribution < -0.4 is 11.3 Å². The molecule has 0 bridgehead atoms. The standard InChI is InChI=1S/C14H14ClN3O2/c1-2-12-17-11(15)7-13(19)18(12)8-9-5-3-4-6-10(9)14(16)20/h3-7H,2,8H2,1H3,(H2,16,20). The summed E-state index contributed by atoms with van der Waals surface area (Å²) in [5.74, 6) is 0.0513. The third-order valence-electron chi connectivity index (χ3n) is 2.98. The minimum absolute atomic E-state index is 0.172. The van der Waals surface area contributed by atoms with Crippen molar-refractivity contribution in [2.75, 3.05) is 0 Å². The van der Waals surface area contributed by atoms with Crippen LogP contribution in [-0.4, -0.2) is 15.5 Å². The maximum Gasteiger partial charge on any atom is 0.255 e. The Kier molecular flexibility index (Phi) is 4.20. The molecule has 20 heavy (non-hydrogen) atoms. The summed E-state index contributed by atoms with van der Waals surface area (Å²) >= 11 is 5.79. The summed E-state index contributed by atoms with van der Waals surface area (Å²) in [7, 11) is 0. The highest BCUT2D eigenvalue weighted by Gasteiger charge is 2.11. The SMILES string of the molecule is CCc1nc(Cl)cc(=O)n1Cc1ccccc1C(N)=O. The number of nitrogens with two attached hydrogens (primary N) is 1. The monoisotopic (exact) mass is 291 g/mol. The van der Waals surface area contributed by atoms with Gasteiger partial charge in [-0.05, 0) is 11.6 Å². The fourth-order valence-corrected chi connectivity index (χ4v) is 2.22. The highest BCUT2D eigenvalue weighted by atomic mass is 35.5. The molecule has 2 rings (SSSR count). The minimum Gasteiger partial charge on any atom is -0.366 e. The van der Waals surface area contributed by atoms with Gasteiger partial charge in [0.25, 0.3) is 5.56 Å². The molecule has 0 unspecified atom stereocenters. The van der Waals surface area contributed by atoms with Crippen molar-refractivity contribution >= 4 is 17.5 Å². The fourth-order valence-electron chi connectivity index (χ4n) is 2.03.